The Balaban J connectivity index is 2.03. The van der Waals surface area contributed by atoms with Crippen LogP contribution in [0.3, 0.4) is 0 Å². The molecule has 0 unspecified atom stereocenters. The van der Waals surface area contributed by atoms with Crippen molar-refractivity contribution in [3.63, 3.8) is 0 Å². The summed E-state index contributed by atoms with van der Waals surface area (Å²) in [6.45, 7) is 2.81. The molecule has 0 heterocycles. The Hall–Kier alpha value is -2.62. The van der Waals surface area contributed by atoms with E-state index in [2.05, 4.69) is 5.32 Å². The summed E-state index contributed by atoms with van der Waals surface area (Å²) >= 11 is 0. The van der Waals surface area contributed by atoms with Gasteiger partial charge < -0.3 is 10.1 Å². The molecule has 0 radical (unpaired) electrons. The van der Waals surface area contributed by atoms with E-state index in [-0.39, 0.29) is 5.91 Å². The SMILES string of the molecule is CCCCOC(=O)c1ccccc1C(=O)NCc1ccccc1. The van der Waals surface area contributed by atoms with Gasteiger partial charge in [0.2, 0.25) is 0 Å². The molecule has 120 valence electrons. The van der Waals surface area contributed by atoms with Gasteiger partial charge in [-0.3, -0.25) is 4.79 Å². The summed E-state index contributed by atoms with van der Waals surface area (Å²) in [5.74, 6) is -0.735. The lowest BCUT2D eigenvalue weighted by Gasteiger charge is -2.10. The predicted octanol–water partition coefficient (Wildman–Crippen LogP) is 3.57. The zero-order chi connectivity index (χ0) is 16.5. The van der Waals surface area contributed by atoms with Crippen LogP contribution in [-0.4, -0.2) is 18.5 Å². The van der Waals surface area contributed by atoms with E-state index in [0.717, 1.165) is 18.4 Å². The maximum atomic E-state index is 12.4. The van der Waals surface area contributed by atoms with E-state index in [1.807, 2.05) is 37.3 Å². The molecule has 0 aliphatic carbocycles. The Labute approximate surface area is 136 Å². The van der Waals surface area contributed by atoms with E-state index < -0.39 is 5.97 Å². The van der Waals surface area contributed by atoms with Gasteiger partial charge in [0.05, 0.1) is 17.7 Å². The molecule has 1 amide bonds. The zero-order valence-corrected chi connectivity index (χ0v) is 13.2. The lowest BCUT2D eigenvalue weighted by Crippen LogP contribution is -2.25. The summed E-state index contributed by atoms with van der Waals surface area (Å²) in [6, 6.07) is 16.3. The minimum absolute atomic E-state index is 0.281. The Bertz CT molecular complexity index is 653. The van der Waals surface area contributed by atoms with Crippen molar-refractivity contribution in [2.45, 2.75) is 26.3 Å². The molecule has 2 rings (SSSR count). The normalized spacial score (nSPS) is 10.1. The highest BCUT2D eigenvalue weighted by Crippen LogP contribution is 2.11. The van der Waals surface area contributed by atoms with Gasteiger partial charge in [-0.1, -0.05) is 55.8 Å². The van der Waals surface area contributed by atoms with Crippen LogP contribution in [-0.2, 0) is 11.3 Å². The zero-order valence-electron chi connectivity index (χ0n) is 13.2. The topological polar surface area (TPSA) is 55.4 Å². The number of carbonyl (C=O) groups is 2. The fourth-order valence-electron chi connectivity index (χ4n) is 2.12. The fraction of sp³-hybridized carbons (Fsp3) is 0.263. The molecule has 4 heteroatoms. The summed E-state index contributed by atoms with van der Waals surface area (Å²) in [5.41, 5.74) is 1.64. The smallest absolute Gasteiger partial charge is 0.338 e. The highest BCUT2D eigenvalue weighted by atomic mass is 16.5. The van der Waals surface area contributed by atoms with Crippen LogP contribution in [0.4, 0.5) is 0 Å². The van der Waals surface area contributed by atoms with Crippen molar-refractivity contribution < 1.29 is 14.3 Å². The lowest BCUT2D eigenvalue weighted by atomic mass is 10.1. The molecule has 0 bridgehead atoms. The molecule has 0 aliphatic heterocycles. The highest BCUT2D eigenvalue weighted by molar-refractivity contribution is 6.05. The second kappa shape index (κ2) is 8.73. The Morgan fingerprint density at radius 2 is 1.61 bits per heavy atom. The van der Waals surface area contributed by atoms with E-state index in [1.54, 1.807) is 24.3 Å². The van der Waals surface area contributed by atoms with Crippen LogP contribution in [0.15, 0.2) is 54.6 Å². The molecule has 1 N–H and O–H groups in total. The minimum Gasteiger partial charge on any atom is -0.462 e. The molecule has 2 aromatic carbocycles. The number of hydrogen-bond acceptors (Lipinski definition) is 3. The molecule has 0 aliphatic rings. The standard InChI is InChI=1S/C19H21NO3/c1-2-3-13-23-19(22)17-12-8-7-11-16(17)18(21)20-14-15-9-5-4-6-10-15/h4-12H,2-3,13-14H2,1H3,(H,20,21). The number of unbranched alkanes of at least 4 members (excludes halogenated alkanes) is 1. The first-order valence-corrected chi connectivity index (χ1v) is 7.80. The summed E-state index contributed by atoms with van der Waals surface area (Å²) in [5, 5.41) is 2.83. The minimum atomic E-state index is -0.455. The number of rotatable bonds is 7. The first-order valence-electron chi connectivity index (χ1n) is 7.80. The van der Waals surface area contributed by atoms with Crippen LogP contribution >= 0.6 is 0 Å². The van der Waals surface area contributed by atoms with Gasteiger partial charge in [0.25, 0.3) is 5.91 Å². The summed E-state index contributed by atoms with van der Waals surface area (Å²) in [4.78, 5) is 24.5. The number of ether oxygens (including phenoxy) is 1. The molecular formula is C19H21NO3. The van der Waals surface area contributed by atoms with Crippen molar-refractivity contribution in [1.29, 1.82) is 0 Å². The number of carbonyl (C=O) groups excluding carboxylic acids is 2. The quantitative estimate of drug-likeness (QED) is 0.628. The molecule has 0 spiro atoms. The molecule has 0 saturated heterocycles. The van der Waals surface area contributed by atoms with Crippen molar-refractivity contribution in [2.24, 2.45) is 0 Å². The number of amides is 1. The maximum absolute atomic E-state index is 12.4. The van der Waals surface area contributed by atoms with Crippen LogP contribution in [0.5, 0.6) is 0 Å². The van der Waals surface area contributed by atoms with E-state index in [1.165, 1.54) is 0 Å². The second-order valence-electron chi connectivity index (χ2n) is 5.20. The average molecular weight is 311 g/mol. The number of benzene rings is 2. The van der Waals surface area contributed by atoms with Gasteiger partial charge in [0.1, 0.15) is 0 Å². The van der Waals surface area contributed by atoms with E-state index >= 15 is 0 Å². The molecule has 2 aromatic rings. The molecule has 4 nitrogen and oxygen atoms in total. The first kappa shape index (κ1) is 16.7. The fourth-order valence-corrected chi connectivity index (χ4v) is 2.12. The van der Waals surface area contributed by atoms with E-state index in [4.69, 9.17) is 4.74 Å². The summed E-state index contributed by atoms with van der Waals surface area (Å²) in [6.07, 6.45) is 1.76. The third-order valence-corrected chi connectivity index (χ3v) is 3.42. The van der Waals surface area contributed by atoms with Crippen LogP contribution in [0.2, 0.25) is 0 Å². The van der Waals surface area contributed by atoms with Crippen molar-refractivity contribution in [2.75, 3.05) is 6.61 Å². The maximum Gasteiger partial charge on any atom is 0.338 e. The van der Waals surface area contributed by atoms with Gasteiger partial charge >= 0.3 is 5.97 Å². The van der Waals surface area contributed by atoms with Crippen molar-refractivity contribution in [3.05, 3.63) is 71.3 Å². The predicted molar refractivity (Wildman–Crippen MR) is 89.2 cm³/mol. The van der Waals surface area contributed by atoms with E-state index in [9.17, 15) is 9.59 Å². The van der Waals surface area contributed by atoms with Gasteiger partial charge in [-0.2, -0.15) is 0 Å². The number of esters is 1. The van der Waals surface area contributed by atoms with E-state index in [0.29, 0.717) is 24.3 Å². The van der Waals surface area contributed by atoms with Gasteiger partial charge in [0, 0.05) is 6.54 Å². The van der Waals surface area contributed by atoms with Crippen LogP contribution in [0.1, 0.15) is 46.0 Å². The Morgan fingerprint density at radius 3 is 2.30 bits per heavy atom. The molecule has 0 fully saturated rings. The van der Waals surface area contributed by atoms with Crippen LogP contribution < -0.4 is 5.32 Å². The number of hydrogen-bond donors (Lipinski definition) is 1. The molecule has 0 saturated carbocycles. The van der Waals surface area contributed by atoms with Crippen molar-refractivity contribution in [1.82, 2.24) is 5.32 Å². The molecular weight excluding hydrogens is 290 g/mol. The summed E-state index contributed by atoms with van der Waals surface area (Å²) in [7, 11) is 0. The largest absolute Gasteiger partial charge is 0.462 e. The average Bonchev–Trinajstić information content (AvgIpc) is 2.60. The van der Waals surface area contributed by atoms with Gasteiger partial charge in [0.15, 0.2) is 0 Å². The lowest BCUT2D eigenvalue weighted by molar-refractivity contribution is 0.0496. The molecule has 23 heavy (non-hydrogen) atoms. The van der Waals surface area contributed by atoms with Gasteiger partial charge in [-0.25, -0.2) is 4.79 Å². The van der Waals surface area contributed by atoms with Gasteiger partial charge in [-0.15, -0.1) is 0 Å². The van der Waals surface area contributed by atoms with Crippen LogP contribution in [0.25, 0.3) is 0 Å². The highest BCUT2D eigenvalue weighted by Gasteiger charge is 2.17. The van der Waals surface area contributed by atoms with Crippen molar-refractivity contribution >= 4 is 11.9 Å². The van der Waals surface area contributed by atoms with Crippen molar-refractivity contribution in [3.8, 4) is 0 Å². The second-order valence-corrected chi connectivity index (χ2v) is 5.20. The van der Waals surface area contributed by atoms with Crippen LogP contribution in [0, 0.1) is 0 Å². The number of nitrogens with one attached hydrogen (secondary N) is 1. The Kier molecular flexibility index (Phi) is 6.36. The summed E-state index contributed by atoms with van der Waals surface area (Å²) < 4.78 is 5.20. The Morgan fingerprint density at radius 1 is 0.957 bits per heavy atom. The molecule has 0 aromatic heterocycles. The third-order valence-electron chi connectivity index (χ3n) is 3.42. The monoisotopic (exact) mass is 311 g/mol. The third kappa shape index (κ3) is 4.95. The first-order chi connectivity index (χ1) is 11.2. The van der Waals surface area contributed by atoms with Gasteiger partial charge in [-0.05, 0) is 24.1 Å². The molecule has 0 atom stereocenters.